The third kappa shape index (κ3) is 4.01. The normalized spacial score (nSPS) is 10.1. The number of hydrogen-bond acceptors (Lipinski definition) is 2. The monoisotopic (exact) mass is 271 g/mol. The molecule has 0 unspecified atom stereocenters. The molecule has 0 bridgehead atoms. The van der Waals surface area contributed by atoms with Crippen molar-refractivity contribution in [2.75, 3.05) is 13.2 Å². The predicted molar refractivity (Wildman–Crippen MR) is 62.7 cm³/mol. The van der Waals surface area contributed by atoms with Gasteiger partial charge in [0.15, 0.2) is 0 Å². The van der Waals surface area contributed by atoms with Crippen molar-refractivity contribution in [1.82, 2.24) is 5.32 Å². The minimum Gasteiger partial charge on any atom is -0.395 e. The number of benzene rings is 1. The zero-order valence-electron chi connectivity index (χ0n) is 8.59. The first-order valence-corrected chi connectivity index (χ1v) is 5.55. The van der Waals surface area contributed by atoms with E-state index in [1.807, 2.05) is 25.1 Å². The molecular weight excluding hydrogens is 258 g/mol. The van der Waals surface area contributed by atoms with Crippen LogP contribution in [0.1, 0.15) is 11.1 Å². The average Bonchev–Trinajstić information content (AvgIpc) is 2.19. The first-order valence-electron chi connectivity index (χ1n) is 4.76. The summed E-state index contributed by atoms with van der Waals surface area (Å²) in [4.78, 5) is 11.4. The van der Waals surface area contributed by atoms with E-state index in [1.165, 1.54) is 0 Å². The number of aliphatic hydroxyl groups excluding tert-OH is 1. The molecule has 0 atom stereocenters. The first kappa shape index (κ1) is 12.2. The molecule has 1 aromatic rings. The molecule has 0 saturated carbocycles. The molecule has 0 radical (unpaired) electrons. The first-order chi connectivity index (χ1) is 7.13. The van der Waals surface area contributed by atoms with E-state index in [0.29, 0.717) is 13.0 Å². The van der Waals surface area contributed by atoms with Gasteiger partial charge in [0, 0.05) is 11.0 Å². The Hall–Kier alpha value is -0.870. The average molecular weight is 272 g/mol. The van der Waals surface area contributed by atoms with Gasteiger partial charge in [0.1, 0.15) is 0 Å². The summed E-state index contributed by atoms with van der Waals surface area (Å²) in [6, 6.07) is 5.83. The third-order valence-electron chi connectivity index (χ3n) is 2.09. The van der Waals surface area contributed by atoms with Gasteiger partial charge in [-0.1, -0.05) is 22.0 Å². The van der Waals surface area contributed by atoms with Gasteiger partial charge in [0.2, 0.25) is 5.91 Å². The molecule has 0 saturated heterocycles. The number of carbonyl (C=O) groups excluding carboxylic acids is 1. The zero-order valence-corrected chi connectivity index (χ0v) is 10.2. The van der Waals surface area contributed by atoms with E-state index in [9.17, 15) is 4.79 Å². The Labute approximate surface area is 97.6 Å². The lowest BCUT2D eigenvalue weighted by Gasteiger charge is -2.06. The topological polar surface area (TPSA) is 49.3 Å². The lowest BCUT2D eigenvalue weighted by atomic mass is 10.1. The fourth-order valence-electron chi connectivity index (χ4n) is 1.29. The summed E-state index contributed by atoms with van der Waals surface area (Å²) < 4.78 is 1.01. The Kier molecular flexibility index (Phi) is 4.78. The van der Waals surface area contributed by atoms with Crippen molar-refractivity contribution in [3.05, 3.63) is 33.8 Å². The second-order valence-corrected chi connectivity index (χ2v) is 4.24. The van der Waals surface area contributed by atoms with Crippen molar-refractivity contribution >= 4 is 21.8 Å². The Balaban J connectivity index is 2.60. The molecule has 0 heterocycles. The summed E-state index contributed by atoms with van der Waals surface area (Å²) in [5.74, 6) is -0.0607. The van der Waals surface area contributed by atoms with Crippen molar-refractivity contribution in [2.24, 2.45) is 0 Å². The van der Waals surface area contributed by atoms with Gasteiger partial charge in [-0.3, -0.25) is 4.79 Å². The van der Waals surface area contributed by atoms with E-state index in [2.05, 4.69) is 21.2 Å². The minimum atomic E-state index is -0.0607. The molecule has 1 amide bonds. The van der Waals surface area contributed by atoms with Crippen LogP contribution in [0, 0.1) is 6.92 Å². The molecule has 0 spiro atoms. The summed E-state index contributed by atoms with van der Waals surface area (Å²) in [5, 5.41) is 11.2. The molecule has 0 aliphatic heterocycles. The molecule has 1 rings (SSSR count). The summed E-state index contributed by atoms with van der Waals surface area (Å²) in [5.41, 5.74) is 2.09. The second kappa shape index (κ2) is 5.88. The SMILES string of the molecule is Cc1cc(Br)ccc1CC(=O)NCCO. The Morgan fingerprint density at radius 1 is 1.53 bits per heavy atom. The fourth-order valence-corrected chi connectivity index (χ4v) is 1.76. The van der Waals surface area contributed by atoms with Gasteiger partial charge in [-0.05, 0) is 30.2 Å². The lowest BCUT2D eigenvalue weighted by Crippen LogP contribution is -2.28. The summed E-state index contributed by atoms with van der Waals surface area (Å²) >= 11 is 3.37. The molecule has 0 fully saturated rings. The largest absolute Gasteiger partial charge is 0.395 e. The van der Waals surface area contributed by atoms with Gasteiger partial charge in [-0.2, -0.15) is 0 Å². The van der Waals surface area contributed by atoms with Crippen LogP contribution in [-0.4, -0.2) is 24.2 Å². The van der Waals surface area contributed by atoms with Crippen LogP contribution in [0.5, 0.6) is 0 Å². The highest BCUT2D eigenvalue weighted by atomic mass is 79.9. The van der Waals surface area contributed by atoms with Crippen molar-refractivity contribution < 1.29 is 9.90 Å². The van der Waals surface area contributed by atoms with Crippen LogP contribution in [0.15, 0.2) is 22.7 Å². The fraction of sp³-hybridized carbons (Fsp3) is 0.364. The van der Waals surface area contributed by atoms with Crippen LogP contribution >= 0.6 is 15.9 Å². The maximum atomic E-state index is 11.4. The van der Waals surface area contributed by atoms with Gasteiger partial charge < -0.3 is 10.4 Å². The highest BCUT2D eigenvalue weighted by Gasteiger charge is 2.05. The van der Waals surface area contributed by atoms with Gasteiger partial charge >= 0.3 is 0 Å². The van der Waals surface area contributed by atoms with Crippen molar-refractivity contribution in [3.8, 4) is 0 Å². The number of carbonyl (C=O) groups is 1. The Morgan fingerprint density at radius 3 is 2.87 bits per heavy atom. The highest BCUT2D eigenvalue weighted by molar-refractivity contribution is 9.10. The third-order valence-corrected chi connectivity index (χ3v) is 2.58. The standard InChI is InChI=1S/C11H14BrNO2/c1-8-6-10(12)3-2-9(8)7-11(15)13-4-5-14/h2-3,6,14H,4-5,7H2,1H3,(H,13,15). The zero-order chi connectivity index (χ0) is 11.3. The Morgan fingerprint density at radius 2 is 2.27 bits per heavy atom. The summed E-state index contributed by atoms with van der Waals surface area (Å²) in [6.07, 6.45) is 0.360. The molecule has 3 nitrogen and oxygen atoms in total. The van der Waals surface area contributed by atoms with Crippen LogP contribution in [-0.2, 0) is 11.2 Å². The lowest BCUT2D eigenvalue weighted by molar-refractivity contribution is -0.120. The maximum Gasteiger partial charge on any atom is 0.224 e. The molecule has 4 heteroatoms. The van der Waals surface area contributed by atoms with Gasteiger partial charge in [0.05, 0.1) is 13.0 Å². The summed E-state index contributed by atoms with van der Waals surface area (Å²) in [6.45, 7) is 2.26. The minimum absolute atomic E-state index is 0.0228. The van der Waals surface area contributed by atoms with Crippen LogP contribution in [0.2, 0.25) is 0 Å². The number of halogens is 1. The predicted octanol–water partition coefficient (Wildman–Crippen LogP) is 1.41. The van der Waals surface area contributed by atoms with E-state index in [0.717, 1.165) is 15.6 Å². The van der Waals surface area contributed by atoms with E-state index in [4.69, 9.17) is 5.11 Å². The van der Waals surface area contributed by atoms with Crippen LogP contribution in [0.3, 0.4) is 0 Å². The maximum absolute atomic E-state index is 11.4. The van der Waals surface area contributed by atoms with Crippen molar-refractivity contribution in [2.45, 2.75) is 13.3 Å². The molecule has 82 valence electrons. The van der Waals surface area contributed by atoms with Gasteiger partial charge in [-0.15, -0.1) is 0 Å². The van der Waals surface area contributed by atoms with E-state index < -0.39 is 0 Å². The van der Waals surface area contributed by atoms with Crippen molar-refractivity contribution in [1.29, 1.82) is 0 Å². The number of aryl methyl sites for hydroxylation is 1. The molecule has 0 aromatic heterocycles. The summed E-state index contributed by atoms with van der Waals surface area (Å²) in [7, 11) is 0. The van der Waals surface area contributed by atoms with Crippen LogP contribution in [0.25, 0.3) is 0 Å². The molecule has 1 aromatic carbocycles. The van der Waals surface area contributed by atoms with Gasteiger partial charge in [0.25, 0.3) is 0 Å². The number of hydrogen-bond donors (Lipinski definition) is 2. The molecule has 0 aliphatic carbocycles. The van der Waals surface area contributed by atoms with Crippen LogP contribution < -0.4 is 5.32 Å². The van der Waals surface area contributed by atoms with E-state index in [1.54, 1.807) is 0 Å². The number of rotatable bonds is 4. The number of nitrogens with one attached hydrogen (secondary N) is 1. The number of aliphatic hydroxyl groups is 1. The molecular formula is C11H14BrNO2. The second-order valence-electron chi connectivity index (χ2n) is 3.32. The van der Waals surface area contributed by atoms with Crippen molar-refractivity contribution in [3.63, 3.8) is 0 Å². The molecule has 15 heavy (non-hydrogen) atoms. The van der Waals surface area contributed by atoms with E-state index in [-0.39, 0.29) is 12.5 Å². The number of amides is 1. The van der Waals surface area contributed by atoms with Gasteiger partial charge in [-0.25, -0.2) is 0 Å². The van der Waals surface area contributed by atoms with Crippen LogP contribution in [0.4, 0.5) is 0 Å². The quantitative estimate of drug-likeness (QED) is 0.870. The Bertz CT molecular complexity index is 352. The molecule has 0 aliphatic rings. The smallest absolute Gasteiger partial charge is 0.224 e. The highest BCUT2D eigenvalue weighted by Crippen LogP contribution is 2.16. The molecule has 2 N–H and O–H groups in total. The van der Waals surface area contributed by atoms with E-state index >= 15 is 0 Å².